The topological polar surface area (TPSA) is 63.0 Å². The van der Waals surface area contributed by atoms with Crippen LogP contribution in [0.2, 0.25) is 0 Å². The molecule has 0 aliphatic carbocycles. The number of pyridine rings is 1. The number of esters is 1. The molecule has 90 valence electrons. The molecule has 0 saturated heterocycles. The van der Waals surface area contributed by atoms with Crippen LogP contribution in [-0.2, 0) is 10.6 Å². The lowest BCUT2D eigenvalue weighted by Gasteiger charge is -2.11. The third kappa shape index (κ3) is 2.50. The molecule has 0 spiro atoms. The van der Waals surface area contributed by atoms with E-state index in [1.54, 1.807) is 0 Å². The van der Waals surface area contributed by atoms with Gasteiger partial charge in [0.1, 0.15) is 11.8 Å². The van der Waals surface area contributed by atoms with E-state index >= 15 is 0 Å². The van der Waals surface area contributed by atoms with Crippen LogP contribution in [0, 0.1) is 11.3 Å². The van der Waals surface area contributed by atoms with Crippen LogP contribution in [0.1, 0.15) is 33.6 Å². The minimum atomic E-state index is -2.93. The number of nitrogens with zero attached hydrogens (tertiary/aromatic N) is 2. The SMILES string of the molecule is COC(=O)c1cnc(C#N)c(C(F)F)c1CCl. The van der Waals surface area contributed by atoms with Crippen molar-refractivity contribution in [1.29, 1.82) is 5.26 Å². The fraction of sp³-hybridized carbons (Fsp3) is 0.300. The van der Waals surface area contributed by atoms with Gasteiger partial charge in [0.15, 0.2) is 0 Å². The minimum absolute atomic E-state index is 0.125. The summed E-state index contributed by atoms with van der Waals surface area (Å²) in [6, 6.07) is 1.53. The van der Waals surface area contributed by atoms with Gasteiger partial charge in [0.2, 0.25) is 0 Å². The zero-order chi connectivity index (χ0) is 13.0. The molecule has 1 rings (SSSR count). The van der Waals surface area contributed by atoms with Crippen LogP contribution in [-0.4, -0.2) is 18.1 Å². The summed E-state index contributed by atoms with van der Waals surface area (Å²) in [6.45, 7) is 0. The smallest absolute Gasteiger partial charge is 0.339 e. The Balaban J connectivity index is 3.53. The second-order valence-electron chi connectivity index (χ2n) is 2.95. The lowest BCUT2D eigenvalue weighted by molar-refractivity contribution is 0.0598. The van der Waals surface area contributed by atoms with E-state index in [0.717, 1.165) is 13.3 Å². The maximum atomic E-state index is 12.8. The summed E-state index contributed by atoms with van der Waals surface area (Å²) in [5.74, 6) is -1.15. The molecule has 0 bridgehead atoms. The third-order valence-corrected chi connectivity index (χ3v) is 2.36. The van der Waals surface area contributed by atoms with Crippen LogP contribution in [0.25, 0.3) is 0 Å². The van der Waals surface area contributed by atoms with Crippen LogP contribution < -0.4 is 0 Å². The molecule has 4 nitrogen and oxygen atoms in total. The molecule has 0 aliphatic rings. The highest BCUT2D eigenvalue weighted by molar-refractivity contribution is 6.17. The van der Waals surface area contributed by atoms with E-state index in [4.69, 9.17) is 16.9 Å². The van der Waals surface area contributed by atoms with Gasteiger partial charge in [-0.25, -0.2) is 18.6 Å². The summed E-state index contributed by atoms with van der Waals surface area (Å²) < 4.78 is 30.0. The highest BCUT2D eigenvalue weighted by atomic mass is 35.5. The van der Waals surface area contributed by atoms with Gasteiger partial charge in [-0.3, -0.25) is 0 Å². The molecule has 1 heterocycles. The van der Waals surface area contributed by atoms with E-state index in [2.05, 4.69) is 9.72 Å². The molecular formula is C10H7ClF2N2O2. The van der Waals surface area contributed by atoms with Gasteiger partial charge in [-0.15, -0.1) is 11.6 Å². The predicted octanol–water partition coefficient (Wildman–Crippen LogP) is 2.42. The second kappa shape index (κ2) is 5.55. The van der Waals surface area contributed by atoms with Crippen molar-refractivity contribution >= 4 is 17.6 Å². The van der Waals surface area contributed by atoms with Crippen molar-refractivity contribution in [3.8, 4) is 6.07 Å². The molecule has 0 fully saturated rings. The van der Waals surface area contributed by atoms with Crippen LogP contribution in [0.3, 0.4) is 0 Å². The molecule has 1 aromatic heterocycles. The molecule has 0 N–H and O–H groups in total. The minimum Gasteiger partial charge on any atom is -0.465 e. The quantitative estimate of drug-likeness (QED) is 0.618. The van der Waals surface area contributed by atoms with E-state index in [1.165, 1.54) is 6.07 Å². The summed E-state index contributed by atoms with van der Waals surface area (Å²) >= 11 is 5.53. The Morgan fingerprint density at radius 2 is 2.35 bits per heavy atom. The number of methoxy groups -OCH3 is 1. The normalized spacial score (nSPS) is 10.1. The maximum absolute atomic E-state index is 12.8. The second-order valence-corrected chi connectivity index (χ2v) is 3.22. The van der Waals surface area contributed by atoms with E-state index in [1.807, 2.05) is 0 Å². The Morgan fingerprint density at radius 3 is 2.76 bits per heavy atom. The number of halogens is 3. The molecule has 1 aromatic rings. The summed E-state index contributed by atoms with van der Waals surface area (Å²) in [6.07, 6.45) is -1.93. The molecule has 17 heavy (non-hydrogen) atoms. The number of nitriles is 1. The molecule has 0 radical (unpaired) electrons. The van der Waals surface area contributed by atoms with Gasteiger partial charge < -0.3 is 4.74 Å². The predicted molar refractivity (Wildman–Crippen MR) is 54.8 cm³/mol. The molecular weight excluding hydrogens is 254 g/mol. The average molecular weight is 261 g/mol. The summed E-state index contributed by atoms with van der Waals surface area (Å²) in [7, 11) is 1.11. The Bertz CT molecular complexity index is 486. The number of ether oxygens (including phenoxy) is 1. The summed E-state index contributed by atoms with van der Waals surface area (Å²) in [5, 5.41) is 8.67. The highest BCUT2D eigenvalue weighted by Gasteiger charge is 2.24. The number of rotatable bonds is 3. The number of carbonyl (C=O) groups excluding carboxylic acids is 1. The molecule has 0 aliphatic heterocycles. The summed E-state index contributed by atoms with van der Waals surface area (Å²) in [5.41, 5.74) is -1.34. The van der Waals surface area contributed by atoms with Crippen molar-refractivity contribution in [3.63, 3.8) is 0 Å². The van der Waals surface area contributed by atoms with E-state index in [-0.39, 0.29) is 17.0 Å². The van der Waals surface area contributed by atoms with Gasteiger partial charge in [-0.1, -0.05) is 0 Å². The number of alkyl halides is 3. The van der Waals surface area contributed by atoms with Crippen molar-refractivity contribution in [2.24, 2.45) is 0 Å². The number of carbonyl (C=O) groups is 1. The van der Waals surface area contributed by atoms with Crippen LogP contribution >= 0.6 is 11.6 Å². The Kier molecular flexibility index (Phi) is 4.35. The highest BCUT2D eigenvalue weighted by Crippen LogP contribution is 2.29. The number of aromatic nitrogens is 1. The molecule has 0 saturated carbocycles. The molecule has 0 aromatic carbocycles. The van der Waals surface area contributed by atoms with Crippen LogP contribution in [0.4, 0.5) is 8.78 Å². The van der Waals surface area contributed by atoms with Crippen molar-refractivity contribution in [3.05, 3.63) is 28.6 Å². The largest absolute Gasteiger partial charge is 0.465 e. The van der Waals surface area contributed by atoms with Gasteiger partial charge in [0.05, 0.1) is 18.2 Å². The fourth-order valence-electron chi connectivity index (χ4n) is 1.32. The third-order valence-electron chi connectivity index (χ3n) is 2.09. The Morgan fingerprint density at radius 1 is 1.71 bits per heavy atom. The maximum Gasteiger partial charge on any atom is 0.339 e. The number of hydrogen-bond donors (Lipinski definition) is 0. The van der Waals surface area contributed by atoms with Crippen LogP contribution in [0.15, 0.2) is 6.20 Å². The lowest BCUT2D eigenvalue weighted by atomic mass is 10.0. The first kappa shape index (κ1) is 13.3. The fourth-order valence-corrected chi connectivity index (χ4v) is 1.61. The average Bonchev–Trinajstić information content (AvgIpc) is 2.35. The first-order chi connectivity index (χ1) is 8.06. The Labute approximate surface area is 101 Å². The lowest BCUT2D eigenvalue weighted by Crippen LogP contribution is -2.11. The van der Waals surface area contributed by atoms with Gasteiger partial charge in [-0.05, 0) is 5.56 Å². The van der Waals surface area contributed by atoms with Gasteiger partial charge in [-0.2, -0.15) is 5.26 Å². The van der Waals surface area contributed by atoms with E-state index < -0.39 is 23.7 Å². The van der Waals surface area contributed by atoms with Crippen molar-refractivity contribution < 1.29 is 18.3 Å². The standard InChI is InChI=1S/C10H7ClF2N2O2/c1-17-10(16)6-4-15-7(3-14)8(9(12)13)5(6)2-11/h4,9H,2H2,1H3. The molecule has 0 unspecified atom stereocenters. The Hall–Kier alpha value is -1.74. The van der Waals surface area contributed by atoms with Gasteiger partial charge in [0.25, 0.3) is 6.43 Å². The van der Waals surface area contributed by atoms with Crippen LogP contribution in [0.5, 0.6) is 0 Å². The molecule has 0 atom stereocenters. The van der Waals surface area contributed by atoms with Gasteiger partial charge >= 0.3 is 5.97 Å². The molecule has 7 heteroatoms. The zero-order valence-corrected chi connectivity index (χ0v) is 9.46. The summed E-state index contributed by atoms with van der Waals surface area (Å²) in [4.78, 5) is 14.8. The zero-order valence-electron chi connectivity index (χ0n) is 8.71. The van der Waals surface area contributed by atoms with Crippen molar-refractivity contribution in [2.45, 2.75) is 12.3 Å². The van der Waals surface area contributed by atoms with E-state index in [9.17, 15) is 13.6 Å². The first-order valence-corrected chi connectivity index (χ1v) is 4.94. The monoisotopic (exact) mass is 260 g/mol. The first-order valence-electron chi connectivity index (χ1n) is 4.41. The number of hydrogen-bond acceptors (Lipinski definition) is 4. The molecule has 0 amide bonds. The van der Waals surface area contributed by atoms with Crippen molar-refractivity contribution in [1.82, 2.24) is 4.98 Å². The van der Waals surface area contributed by atoms with Crippen molar-refractivity contribution in [2.75, 3.05) is 7.11 Å². The van der Waals surface area contributed by atoms with Gasteiger partial charge in [0, 0.05) is 12.1 Å². The van der Waals surface area contributed by atoms with E-state index in [0.29, 0.717) is 0 Å².